The number of rotatable bonds is 9. The van der Waals surface area contributed by atoms with Gasteiger partial charge in [0.1, 0.15) is 36.1 Å². The van der Waals surface area contributed by atoms with Crippen LogP contribution in [0.4, 0.5) is 10.3 Å². The number of carboxylic acids is 1. The van der Waals surface area contributed by atoms with Gasteiger partial charge in [-0.1, -0.05) is 17.7 Å². The van der Waals surface area contributed by atoms with E-state index in [4.69, 9.17) is 21.1 Å². The van der Waals surface area contributed by atoms with Crippen LogP contribution >= 0.6 is 11.6 Å². The van der Waals surface area contributed by atoms with Crippen LogP contribution in [0.2, 0.25) is 5.02 Å². The molecule has 0 radical (unpaired) electrons. The van der Waals surface area contributed by atoms with Crippen LogP contribution in [0.15, 0.2) is 42.6 Å². The molecule has 1 heterocycles. The standard InChI is InChI=1S/C22H21ClFN3O4/c1-13-8-17(9-14(2)20(13)23)31-12-19-18(21(28)29)11-26-22(27-19)25-6-7-30-16-5-3-4-15(24)10-16/h3-5,8-11H,6-7,12H2,1-2H3,(H,28,29)(H,25,26,27). The predicted octanol–water partition coefficient (Wildman–Crippen LogP) is 4.65. The SMILES string of the molecule is Cc1cc(OCc2nc(NCCOc3cccc(F)c3)ncc2C(=O)O)cc(C)c1Cl. The van der Waals surface area contributed by atoms with Crippen LogP contribution in [0.5, 0.6) is 11.5 Å². The second kappa shape index (κ2) is 10.1. The van der Waals surface area contributed by atoms with Crippen molar-refractivity contribution in [1.29, 1.82) is 0 Å². The highest BCUT2D eigenvalue weighted by molar-refractivity contribution is 6.32. The van der Waals surface area contributed by atoms with Crippen LogP contribution in [0.1, 0.15) is 27.2 Å². The molecule has 0 saturated heterocycles. The molecular weight excluding hydrogens is 425 g/mol. The molecule has 0 aliphatic heterocycles. The highest BCUT2D eigenvalue weighted by Gasteiger charge is 2.15. The van der Waals surface area contributed by atoms with Crippen molar-refractivity contribution in [1.82, 2.24) is 9.97 Å². The maximum atomic E-state index is 13.2. The molecule has 1 aromatic heterocycles. The van der Waals surface area contributed by atoms with Gasteiger partial charge in [0.25, 0.3) is 0 Å². The number of anilines is 1. The molecule has 3 rings (SSSR count). The van der Waals surface area contributed by atoms with Gasteiger partial charge in [0, 0.05) is 17.3 Å². The Labute approximate surface area is 183 Å². The Bertz CT molecular complexity index is 1070. The van der Waals surface area contributed by atoms with E-state index in [1.54, 1.807) is 24.3 Å². The molecule has 0 bridgehead atoms. The van der Waals surface area contributed by atoms with E-state index < -0.39 is 5.97 Å². The number of aromatic nitrogens is 2. The minimum atomic E-state index is -1.15. The molecule has 0 unspecified atom stereocenters. The normalized spacial score (nSPS) is 10.6. The van der Waals surface area contributed by atoms with E-state index >= 15 is 0 Å². The number of halogens is 2. The largest absolute Gasteiger partial charge is 0.492 e. The van der Waals surface area contributed by atoms with Crippen molar-refractivity contribution in [2.24, 2.45) is 0 Å². The van der Waals surface area contributed by atoms with Gasteiger partial charge < -0.3 is 19.9 Å². The number of carbonyl (C=O) groups is 1. The quantitative estimate of drug-likeness (QED) is 0.463. The molecule has 0 spiro atoms. The van der Waals surface area contributed by atoms with Gasteiger partial charge in [-0.25, -0.2) is 19.2 Å². The number of aryl methyl sites for hydroxylation is 2. The van der Waals surface area contributed by atoms with Crippen molar-refractivity contribution < 1.29 is 23.8 Å². The minimum absolute atomic E-state index is 0.0519. The maximum Gasteiger partial charge on any atom is 0.339 e. The summed E-state index contributed by atoms with van der Waals surface area (Å²) in [6, 6.07) is 9.38. The van der Waals surface area contributed by atoms with E-state index in [-0.39, 0.29) is 36.2 Å². The van der Waals surface area contributed by atoms with Crippen LogP contribution in [0.3, 0.4) is 0 Å². The zero-order valence-corrected chi connectivity index (χ0v) is 17.7. The summed E-state index contributed by atoms with van der Waals surface area (Å²) >= 11 is 6.17. The summed E-state index contributed by atoms with van der Waals surface area (Å²) in [4.78, 5) is 19.8. The summed E-state index contributed by atoms with van der Waals surface area (Å²) in [5, 5.41) is 13.0. The number of ether oxygens (including phenoxy) is 2. The molecule has 3 aromatic rings. The van der Waals surface area contributed by atoms with Crippen molar-refractivity contribution in [3.63, 3.8) is 0 Å². The van der Waals surface area contributed by atoms with Gasteiger partial charge in [-0.05, 0) is 49.2 Å². The Morgan fingerprint density at radius 2 is 1.90 bits per heavy atom. The lowest BCUT2D eigenvalue weighted by Gasteiger charge is -2.12. The van der Waals surface area contributed by atoms with E-state index in [1.165, 1.54) is 18.3 Å². The van der Waals surface area contributed by atoms with Crippen molar-refractivity contribution in [3.8, 4) is 11.5 Å². The molecule has 31 heavy (non-hydrogen) atoms. The Morgan fingerprint density at radius 3 is 2.58 bits per heavy atom. The Kier molecular flexibility index (Phi) is 7.25. The second-order valence-corrected chi connectivity index (χ2v) is 7.13. The number of hydrogen-bond acceptors (Lipinski definition) is 6. The molecule has 162 valence electrons. The number of hydrogen-bond donors (Lipinski definition) is 2. The van der Waals surface area contributed by atoms with Crippen LogP contribution in [-0.4, -0.2) is 34.2 Å². The summed E-state index contributed by atoms with van der Waals surface area (Å²) in [6.07, 6.45) is 1.22. The zero-order valence-electron chi connectivity index (χ0n) is 17.0. The van der Waals surface area contributed by atoms with Gasteiger partial charge in [-0.3, -0.25) is 0 Å². The molecule has 9 heteroatoms. The van der Waals surface area contributed by atoms with Gasteiger partial charge >= 0.3 is 5.97 Å². The Morgan fingerprint density at radius 1 is 1.16 bits per heavy atom. The first-order valence-electron chi connectivity index (χ1n) is 9.44. The van der Waals surface area contributed by atoms with Gasteiger partial charge in [-0.15, -0.1) is 0 Å². The first-order chi connectivity index (χ1) is 14.8. The van der Waals surface area contributed by atoms with Gasteiger partial charge in [0.05, 0.1) is 12.2 Å². The number of nitrogens with one attached hydrogen (secondary N) is 1. The fraction of sp³-hybridized carbons (Fsp3) is 0.227. The zero-order chi connectivity index (χ0) is 22.4. The van der Waals surface area contributed by atoms with Gasteiger partial charge in [0.2, 0.25) is 5.95 Å². The van der Waals surface area contributed by atoms with E-state index in [0.29, 0.717) is 23.1 Å². The van der Waals surface area contributed by atoms with Gasteiger partial charge in [-0.2, -0.15) is 0 Å². The summed E-state index contributed by atoms with van der Waals surface area (Å²) in [6.45, 7) is 4.24. The molecular formula is C22H21ClFN3O4. The lowest BCUT2D eigenvalue weighted by molar-refractivity contribution is 0.0692. The van der Waals surface area contributed by atoms with Crippen LogP contribution in [0, 0.1) is 19.7 Å². The molecule has 0 fully saturated rings. The number of nitrogens with zero attached hydrogens (tertiary/aromatic N) is 2. The van der Waals surface area contributed by atoms with Crippen LogP contribution < -0.4 is 14.8 Å². The van der Waals surface area contributed by atoms with Crippen molar-refractivity contribution in [2.45, 2.75) is 20.5 Å². The molecule has 0 aliphatic rings. The Hall–Kier alpha value is -3.39. The third-order valence-corrected chi connectivity index (χ3v) is 4.93. The first-order valence-corrected chi connectivity index (χ1v) is 9.82. The van der Waals surface area contributed by atoms with Crippen molar-refractivity contribution in [3.05, 3.63) is 75.8 Å². The highest BCUT2D eigenvalue weighted by atomic mass is 35.5. The van der Waals surface area contributed by atoms with Gasteiger partial charge in [0.15, 0.2) is 0 Å². The number of benzene rings is 2. The van der Waals surface area contributed by atoms with E-state index in [2.05, 4.69) is 15.3 Å². The number of carboxylic acid groups (broad SMARTS) is 1. The summed E-state index contributed by atoms with van der Waals surface area (Å²) in [7, 11) is 0. The molecule has 0 amide bonds. The minimum Gasteiger partial charge on any atom is -0.492 e. The average molecular weight is 446 g/mol. The van der Waals surface area contributed by atoms with Crippen LogP contribution in [-0.2, 0) is 6.61 Å². The molecule has 0 atom stereocenters. The van der Waals surface area contributed by atoms with E-state index in [0.717, 1.165) is 11.1 Å². The fourth-order valence-electron chi connectivity index (χ4n) is 2.82. The smallest absolute Gasteiger partial charge is 0.339 e. The van der Waals surface area contributed by atoms with E-state index in [1.807, 2.05) is 13.8 Å². The first kappa shape index (κ1) is 22.3. The fourth-order valence-corrected chi connectivity index (χ4v) is 2.93. The topological polar surface area (TPSA) is 93.6 Å². The average Bonchev–Trinajstić information content (AvgIpc) is 2.73. The van der Waals surface area contributed by atoms with Crippen LogP contribution in [0.25, 0.3) is 0 Å². The lowest BCUT2D eigenvalue weighted by atomic mass is 10.1. The van der Waals surface area contributed by atoms with E-state index in [9.17, 15) is 14.3 Å². The van der Waals surface area contributed by atoms with Crippen molar-refractivity contribution >= 4 is 23.5 Å². The predicted molar refractivity (Wildman–Crippen MR) is 115 cm³/mol. The third-order valence-electron chi connectivity index (χ3n) is 4.33. The molecule has 0 aliphatic carbocycles. The monoisotopic (exact) mass is 445 g/mol. The van der Waals surface area contributed by atoms with Crippen molar-refractivity contribution in [2.75, 3.05) is 18.5 Å². The summed E-state index contributed by atoms with van der Waals surface area (Å²) in [5.74, 6) is -0.328. The third kappa shape index (κ3) is 6.05. The second-order valence-electron chi connectivity index (χ2n) is 6.75. The molecule has 2 N–H and O–H groups in total. The lowest BCUT2D eigenvalue weighted by Crippen LogP contribution is -2.16. The maximum absolute atomic E-state index is 13.2. The molecule has 0 saturated carbocycles. The molecule has 2 aromatic carbocycles. The Balaban J connectivity index is 1.64. The highest BCUT2D eigenvalue weighted by Crippen LogP contribution is 2.26. The summed E-state index contributed by atoms with van der Waals surface area (Å²) in [5.41, 5.74) is 1.89. The number of aromatic carboxylic acids is 1. The summed E-state index contributed by atoms with van der Waals surface area (Å²) < 4.78 is 24.4. The molecule has 7 nitrogen and oxygen atoms in total.